The van der Waals surface area contributed by atoms with Gasteiger partial charge >= 0.3 is 0 Å². The van der Waals surface area contributed by atoms with Crippen LogP contribution in [0.25, 0.3) is 0 Å². The monoisotopic (exact) mass is 458 g/mol. The second-order valence-electron chi connectivity index (χ2n) is 10.5. The van der Waals surface area contributed by atoms with Crippen molar-refractivity contribution in [3.05, 3.63) is 12.2 Å². The maximum absolute atomic E-state index is 7.11. The first kappa shape index (κ1) is 16.8. The third kappa shape index (κ3) is 2.18. The molecule has 2 aliphatic heterocycles. The summed E-state index contributed by atoms with van der Waals surface area (Å²) in [4.78, 5) is 0. The van der Waals surface area contributed by atoms with Crippen LogP contribution in [0.15, 0.2) is 12.2 Å². The van der Waals surface area contributed by atoms with E-state index in [0.717, 1.165) is 41.4 Å². The fourth-order valence-electron chi connectivity index (χ4n) is 7.29. The average Bonchev–Trinajstić information content (AvgIpc) is 3.10. The van der Waals surface area contributed by atoms with Crippen LogP contribution in [0.4, 0.5) is 0 Å². The zero-order valence-corrected chi connectivity index (χ0v) is 18.5. The fourth-order valence-corrected chi connectivity index (χ4v) is 9.53. The maximum Gasteiger partial charge on any atom is 0.184 e. The first-order valence-corrected chi connectivity index (χ1v) is 14.8. The molecule has 5 aliphatic rings. The van der Waals surface area contributed by atoms with Gasteiger partial charge in [0, 0.05) is 16.8 Å². The van der Waals surface area contributed by atoms with Gasteiger partial charge in [0.2, 0.25) is 0 Å². The quantitative estimate of drug-likeness (QED) is 0.247. The molecule has 24 heavy (non-hydrogen) atoms. The van der Waals surface area contributed by atoms with E-state index in [1.54, 1.807) is 0 Å². The molecule has 3 saturated carbocycles. The van der Waals surface area contributed by atoms with Crippen LogP contribution >= 0.6 is 22.6 Å². The molecule has 2 saturated heterocycles. The van der Waals surface area contributed by atoms with Gasteiger partial charge in [-0.3, -0.25) is 0 Å². The number of ether oxygens (including phenoxy) is 1. The molecule has 0 aromatic carbocycles. The lowest BCUT2D eigenvalue weighted by Crippen LogP contribution is -2.63. The first-order chi connectivity index (χ1) is 11.2. The van der Waals surface area contributed by atoms with Crippen molar-refractivity contribution >= 4 is 30.9 Å². The predicted molar refractivity (Wildman–Crippen MR) is 108 cm³/mol. The second kappa shape index (κ2) is 4.90. The summed E-state index contributed by atoms with van der Waals surface area (Å²) in [6.45, 7) is 11.5. The lowest BCUT2D eigenvalue weighted by atomic mass is 9.65. The Hall–Kier alpha value is 0.607. The Balaban J connectivity index is 1.62. The van der Waals surface area contributed by atoms with Crippen molar-refractivity contribution in [2.45, 2.75) is 81.4 Å². The Morgan fingerprint density at radius 2 is 2.17 bits per heavy atom. The molecule has 4 heteroatoms. The molecule has 5 fully saturated rings. The highest BCUT2D eigenvalue weighted by molar-refractivity contribution is 14.1. The molecule has 7 unspecified atom stereocenters. The van der Waals surface area contributed by atoms with Gasteiger partial charge in [0.15, 0.2) is 8.32 Å². The van der Waals surface area contributed by atoms with Crippen LogP contribution in [-0.2, 0) is 9.16 Å². The third-order valence-electron chi connectivity index (χ3n) is 7.67. The third-order valence-corrected chi connectivity index (χ3v) is 10.1. The number of halogens is 1. The van der Waals surface area contributed by atoms with Crippen molar-refractivity contribution in [1.82, 2.24) is 0 Å². The smallest absolute Gasteiger partial charge is 0.184 e. The molecule has 134 valence electrons. The van der Waals surface area contributed by atoms with Crippen molar-refractivity contribution in [3.63, 3.8) is 0 Å². The van der Waals surface area contributed by atoms with Gasteiger partial charge in [-0.15, -0.1) is 0 Å². The lowest BCUT2D eigenvalue weighted by molar-refractivity contribution is -0.237. The summed E-state index contributed by atoms with van der Waals surface area (Å²) in [5.74, 6) is 3.34. The molecule has 0 aromatic heterocycles. The van der Waals surface area contributed by atoms with Crippen molar-refractivity contribution in [2.75, 3.05) is 4.43 Å². The van der Waals surface area contributed by atoms with Gasteiger partial charge in [0.25, 0.3) is 0 Å². The largest absolute Gasteiger partial charge is 0.411 e. The summed E-state index contributed by atoms with van der Waals surface area (Å²) in [7, 11) is -1.61. The summed E-state index contributed by atoms with van der Waals surface area (Å²) in [6, 6.07) is 0. The molecule has 0 amide bonds. The zero-order valence-electron chi connectivity index (χ0n) is 15.4. The molecule has 5 rings (SSSR count). The first-order valence-electron chi connectivity index (χ1n) is 9.84. The highest BCUT2D eigenvalue weighted by atomic mass is 127. The maximum atomic E-state index is 7.11. The van der Waals surface area contributed by atoms with Gasteiger partial charge in [0.1, 0.15) is 0 Å². The molecule has 0 radical (unpaired) electrons. The van der Waals surface area contributed by atoms with Crippen LogP contribution < -0.4 is 0 Å². The Bertz CT molecular complexity index is 601. The van der Waals surface area contributed by atoms with Gasteiger partial charge in [-0.25, -0.2) is 0 Å². The summed E-state index contributed by atoms with van der Waals surface area (Å²) < 4.78 is 15.3. The van der Waals surface area contributed by atoms with E-state index in [1.165, 1.54) is 31.3 Å². The van der Waals surface area contributed by atoms with E-state index >= 15 is 0 Å². The molecular weight excluding hydrogens is 427 g/mol. The van der Waals surface area contributed by atoms with Crippen LogP contribution in [0.3, 0.4) is 0 Å². The number of alkyl halides is 1. The van der Waals surface area contributed by atoms with Crippen LogP contribution in [0, 0.1) is 23.7 Å². The van der Waals surface area contributed by atoms with Crippen molar-refractivity contribution in [3.8, 4) is 0 Å². The minimum atomic E-state index is -1.61. The van der Waals surface area contributed by atoms with E-state index in [-0.39, 0.29) is 16.8 Å². The van der Waals surface area contributed by atoms with Crippen LogP contribution in [-0.4, -0.2) is 29.5 Å². The number of hydrogen-bond acceptors (Lipinski definition) is 2. The molecule has 0 N–H and O–H groups in total. The topological polar surface area (TPSA) is 18.5 Å². The van der Waals surface area contributed by atoms with E-state index in [4.69, 9.17) is 9.16 Å². The summed E-state index contributed by atoms with van der Waals surface area (Å²) in [5.41, 5.74) is 1.63. The molecule has 2 bridgehead atoms. The van der Waals surface area contributed by atoms with Crippen LogP contribution in [0.2, 0.25) is 19.6 Å². The molecule has 3 aliphatic carbocycles. The number of rotatable bonds is 3. The Labute approximate surface area is 161 Å². The van der Waals surface area contributed by atoms with E-state index in [0.29, 0.717) is 5.92 Å². The van der Waals surface area contributed by atoms with Crippen LogP contribution in [0.5, 0.6) is 0 Å². The molecule has 1 spiro atoms. The van der Waals surface area contributed by atoms with Crippen LogP contribution in [0.1, 0.15) is 44.9 Å². The van der Waals surface area contributed by atoms with Gasteiger partial charge in [-0.1, -0.05) is 34.7 Å². The minimum absolute atomic E-state index is 0.0292. The number of fused-ring (bicyclic) bond motifs is 4. The predicted octanol–water partition coefficient (Wildman–Crippen LogP) is 5.33. The molecular formula is C20H31IO2Si. The summed E-state index contributed by atoms with van der Waals surface area (Å²) in [5, 5.41) is 0. The Morgan fingerprint density at radius 3 is 2.88 bits per heavy atom. The zero-order chi connectivity index (χ0) is 17.0. The van der Waals surface area contributed by atoms with Gasteiger partial charge in [0.05, 0.1) is 16.8 Å². The summed E-state index contributed by atoms with van der Waals surface area (Å²) >= 11 is 2.59. The van der Waals surface area contributed by atoms with Crippen molar-refractivity contribution < 1.29 is 9.16 Å². The van der Waals surface area contributed by atoms with Crippen molar-refractivity contribution in [1.29, 1.82) is 0 Å². The van der Waals surface area contributed by atoms with E-state index < -0.39 is 8.32 Å². The van der Waals surface area contributed by atoms with Gasteiger partial charge in [-0.2, -0.15) is 0 Å². The molecule has 0 aromatic rings. The second-order valence-corrected chi connectivity index (χ2v) is 15.7. The highest BCUT2D eigenvalue weighted by Gasteiger charge is 2.75. The molecule has 2 heterocycles. The Kier molecular flexibility index (Phi) is 3.42. The normalized spacial score (nSPS) is 55.1. The van der Waals surface area contributed by atoms with Crippen molar-refractivity contribution in [2.24, 2.45) is 23.7 Å². The van der Waals surface area contributed by atoms with E-state index in [9.17, 15) is 0 Å². The lowest BCUT2D eigenvalue weighted by Gasteiger charge is -2.56. The summed E-state index contributed by atoms with van der Waals surface area (Å²) in [6.07, 6.45) is 8.81. The molecule has 2 nitrogen and oxygen atoms in total. The highest BCUT2D eigenvalue weighted by Crippen LogP contribution is 2.73. The van der Waals surface area contributed by atoms with E-state index in [2.05, 4.69) is 48.8 Å². The van der Waals surface area contributed by atoms with E-state index in [1.807, 2.05) is 0 Å². The SMILES string of the molecule is C=C1CC2C(O[Si](C)(C)C)(C1)CC1(CI)CC3C4CC4CCC32O1. The number of hydrogen-bond donors (Lipinski definition) is 0. The fraction of sp³-hybridized carbons (Fsp3) is 0.900. The van der Waals surface area contributed by atoms with Gasteiger partial charge in [-0.05, 0) is 75.9 Å². The van der Waals surface area contributed by atoms with Gasteiger partial charge < -0.3 is 9.16 Å². The molecule has 7 atom stereocenters. The standard InChI is InChI=1S/C20H31IO2Si/c1-13-7-17-19(9-13,23-24(2,3)4)11-18(12-21)10-16-15-8-14(15)5-6-20(16,17)22-18/h14-17H,1,5-12H2,2-4H3. The average molecular weight is 458 g/mol. The minimum Gasteiger partial charge on any atom is -0.411 e. The Morgan fingerprint density at radius 1 is 1.38 bits per heavy atom.